The van der Waals surface area contributed by atoms with E-state index in [4.69, 9.17) is 23.2 Å². The van der Waals surface area contributed by atoms with Crippen LogP contribution in [0.4, 0.5) is 5.69 Å². The normalized spacial score (nSPS) is 12.2. The molecule has 0 bridgehead atoms. The smallest absolute Gasteiger partial charge is 0.244 e. The highest BCUT2D eigenvalue weighted by molar-refractivity contribution is 7.92. The van der Waals surface area contributed by atoms with E-state index in [0.717, 1.165) is 17.0 Å². The van der Waals surface area contributed by atoms with Crippen LogP contribution in [-0.4, -0.2) is 50.5 Å². The third kappa shape index (κ3) is 7.35. The molecule has 0 aliphatic heterocycles. The molecule has 0 fully saturated rings. The number of hydrogen-bond acceptors (Lipinski definition) is 4. The van der Waals surface area contributed by atoms with E-state index < -0.39 is 28.5 Å². The average molecular weight is 514 g/mol. The summed E-state index contributed by atoms with van der Waals surface area (Å²) >= 11 is 12.3. The quantitative estimate of drug-likeness (QED) is 0.519. The maximum Gasteiger partial charge on any atom is 0.244 e. The number of rotatable bonds is 10. The summed E-state index contributed by atoms with van der Waals surface area (Å²) < 4.78 is 26.2. The maximum atomic E-state index is 13.5. The number of amides is 2. The van der Waals surface area contributed by atoms with Crippen LogP contribution in [0.1, 0.15) is 31.4 Å². The molecule has 0 aliphatic carbocycles. The van der Waals surface area contributed by atoms with Crippen molar-refractivity contribution in [3.05, 3.63) is 63.6 Å². The number of nitrogens with one attached hydrogen (secondary N) is 1. The fraction of sp³-hybridized carbons (Fsp3) is 0.391. The fourth-order valence-electron chi connectivity index (χ4n) is 3.28. The predicted octanol–water partition coefficient (Wildman–Crippen LogP) is 4.01. The zero-order valence-electron chi connectivity index (χ0n) is 19.1. The number of nitrogens with zero attached hydrogens (tertiary/aromatic N) is 2. The number of sulfonamides is 1. The van der Waals surface area contributed by atoms with Crippen LogP contribution in [0, 0.1) is 6.92 Å². The van der Waals surface area contributed by atoms with E-state index in [1.54, 1.807) is 56.3 Å². The molecule has 0 heterocycles. The van der Waals surface area contributed by atoms with Gasteiger partial charge in [-0.05, 0) is 55.7 Å². The highest BCUT2D eigenvalue weighted by Crippen LogP contribution is 2.26. The molecule has 33 heavy (non-hydrogen) atoms. The number of aryl methyl sites for hydroxylation is 1. The molecule has 10 heteroatoms. The number of anilines is 1. The summed E-state index contributed by atoms with van der Waals surface area (Å²) in [7, 11) is -3.81. The number of carbonyl (C=O) groups excluding carboxylic acids is 2. The van der Waals surface area contributed by atoms with Crippen LogP contribution in [0.3, 0.4) is 0 Å². The van der Waals surface area contributed by atoms with Crippen LogP contribution in [0.15, 0.2) is 42.5 Å². The summed E-state index contributed by atoms with van der Waals surface area (Å²) in [6.45, 7) is 5.30. The lowest BCUT2D eigenvalue weighted by atomic mass is 10.1. The zero-order valence-corrected chi connectivity index (χ0v) is 21.5. The van der Waals surface area contributed by atoms with Crippen molar-refractivity contribution in [1.82, 2.24) is 10.2 Å². The van der Waals surface area contributed by atoms with Crippen LogP contribution in [0.5, 0.6) is 0 Å². The van der Waals surface area contributed by atoms with Crippen LogP contribution in [0.2, 0.25) is 10.0 Å². The van der Waals surface area contributed by atoms with Gasteiger partial charge in [0, 0.05) is 23.1 Å². The van der Waals surface area contributed by atoms with Crippen LogP contribution in [-0.2, 0) is 26.2 Å². The van der Waals surface area contributed by atoms with Gasteiger partial charge in [-0.2, -0.15) is 0 Å². The predicted molar refractivity (Wildman–Crippen MR) is 133 cm³/mol. The van der Waals surface area contributed by atoms with Crippen molar-refractivity contribution in [1.29, 1.82) is 0 Å². The van der Waals surface area contributed by atoms with Crippen molar-refractivity contribution in [2.24, 2.45) is 0 Å². The van der Waals surface area contributed by atoms with Gasteiger partial charge >= 0.3 is 0 Å². The molecule has 2 aromatic carbocycles. The molecule has 2 aromatic rings. The average Bonchev–Trinajstić information content (AvgIpc) is 2.74. The van der Waals surface area contributed by atoms with Crippen molar-refractivity contribution < 1.29 is 18.0 Å². The van der Waals surface area contributed by atoms with Gasteiger partial charge in [0.25, 0.3) is 0 Å². The highest BCUT2D eigenvalue weighted by Gasteiger charge is 2.30. The van der Waals surface area contributed by atoms with E-state index in [2.05, 4.69) is 5.32 Å². The second-order valence-electron chi connectivity index (χ2n) is 7.78. The molecule has 0 aliphatic rings. The van der Waals surface area contributed by atoms with Crippen molar-refractivity contribution in [3.8, 4) is 0 Å². The minimum absolute atomic E-state index is 0.0520. The molecular weight excluding hydrogens is 485 g/mol. The lowest BCUT2D eigenvalue weighted by Gasteiger charge is -2.32. The standard InChI is InChI=1S/C23H29Cl2N3O4S/c1-5-12-26-23(30)17(3)27(14-18-8-6-7-9-20(18)25)22(29)15-28(33(4,31)32)21-11-10-19(24)13-16(21)2/h6-11,13,17H,5,12,14-15H2,1-4H3,(H,26,30). The first-order valence-corrected chi connectivity index (χ1v) is 13.1. The Balaban J connectivity index is 2.42. The number of benzene rings is 2. The molecule has 0 spiro atoms. The van der Waals surface area contributed by atoms with E-state index in [1.165, 1.54) is 4.90 Å². The van der Waals surface area contributed by atoms with E-state index in [9.17, 15) is 18.0 Å². The van der Waals surface area contributed by atoms with Gasteiger partial charge in [0.15, 0.2) is 0 Å². The maximum absolute atomic E-state index is 13.5. The fourth-order valence-corrected chi connectivity index (χ4v) is 4.61. The van der Waals surface area contributed by atoms with Crippen LogP contribution >= 0.6 is 23.2 Å². The molecule has 7 nitrogen and oxygen atoms in total. The molecule has 1 unspecified atom stereocenters. The van der Waals surface area contributed by atoms with Crippen molar-refractivity contribution in [3.63, 3.8) is 0 Å². The van der Waals surface area contributed by atoms with E-state index in [1.807, 2.05) is 6.92 Å². The second kappa shape index (κ2) is 11.7. The Morgan fingerprint density at radius 3 is 2.36 bits per heavy atom. The number of hydrogen-bond donors (Lipinski definition) is 1. The lowest BCUT2D eigenvalue weighted by Crippen LogP contribution is -2.51. The van der Waals surface area contributed by atoms with Crippen LogP contribution < -0.4 is 9.62 Å². The largest absolute Gasteiger partial charge is 0.354 e. The van der Waals surface area contributed by atoms with Gasteiger partial charge in [-0.3, -0.25) is 13.9 Å². The Labute approximate surface area is 205 Å². The molecule has 2 rings (SSSR count). The summed E-state index contributed by atoms with van der Waals surface area (Å²) in [5.41, 5.74) is 1.60. The van der Waals surface area contributed by atoms with Crippen LogP contribution in [0.25, 0.3) is 0 Å². The third-order valence-electron chi connectivity index (χ3n) is 5.12. The zero-order chi connectivity index (χ0) is 24.8. The van der Waals surface area contributed by atoms with E-state index in [-0.39, 0.29) is 12.5 Å². The van der Waals surface area contributed by atoms with Gasteiger partial charge in [-0.1, -0.05) is 48.3 Å². The topological polar surface area (TPSA) is 86.8 Å². The van der Waals surface area contributed by atoms with E-state index in [0.29, 0.717) is 33.4 Å². The number of halogens is 2. The van der Waals surface area contributed by atoms with Crippen molar-refractivity contribution in [2.75, 3.05) is 23.7 Å². The first-order valence-electron chi connectivity index (χ1n) is 10.5. The molecule has 0 aromatic heterocycles. The minimum Gasteiger partial charge on any atom is -0.354 e. The van der Waals surface area contributed by atoms with Crippen molar-refractivity contribution >= 4 is 50.7 Å². The van der Waals surface area contributed by atoms with E-state index >= 15 is 0 Å². The van der Waals surface area contributed by atoms with Crippen molar-refractivity contribution in [2.45, 2.75) is 39.8 Å². The first-order chi connectivity index (χ1) is 15.5. The molecule has 0 saturated heterocycles. The van der Waals surface area contributed by atoms with Gasteiger partial charge in [-0.25, -0.2) is 8.42 Å². The monoisotopic (exact) mass is 513 g/mol. The summed E-state index contributed by atoms with van der Waals surface area (Å²) in [5, 5.41) is 3.69. The minimum atomic E-state index is -3.81. The summed E-state index contributed by atoms with van der Waals surface area (Å²) in [4.78, 5) is 27.5. The Kier molecular flexibility index (Phi) is 9.57. The highest BCUT2D eigenvalue weighted by atomic mass is 35.5. The SMILES string of the molecule is CCCNC(=O)C(C)N(Cc1ccccc1Cl)C(=O)CN(c1ccc(Cl)cc1C)S(C)(=O)=O. The summed E-state index contributed by atoms with van der Waals surface area (Å²) in [5.74, 6) is -0.861. The molecule has 0 radical (unpaired) electrons. The third-order valence-corrected chi connectivity index (χ3v) is 6.85. The van der Waals surface area contributed by atoms with Gasteiger partial charge in [-0.15, -0.1) is 0 Å². The molecule has 0 saturated carbocycles. The lowest BCUT2D eigenvalue weighted by molar-refractivity contribution is -0.139. The Hall–Kier alpha value is -2.29. The molecule has 180 valence electrons. The Morgan fingerprint density at radius 2 is 1.79 bits per heavy atom. The Morgan fingerprint density at radius 1 is 1.12 bits per heavy atom. The van der Waals surface area contributed by atoms with Gasteiger partial charge < -0.3 is 10.2 Å². The molecule has 1 atom stereocenters. The summed E-state index contributed by atoms with van der Waals surface area (Å²) in [6, 6.07) is 10.9. The Bertz CT molecular complexity index is 1110. The molecule has 1 N–H and O–H groups in total. The van der Waals surface area contributed by atoms with Gasteiger partial charge in [0.1, 0.15) is 12.6 Å². The van der Waals surface area contributed by atoms with Gasteiger partial charge in [0.05, 0.1) is 11.9 Å². The van der Waals surface area contributed by atoms with Gasteiger partial charge in [0.2, 0.25) is 21.8 Å². The molecular formula is C23H29Cl2N3O4S. The number of carbonyl (C=O) groups is 2. The summed E-state index contributed by atoms with van der Waals surface area (Å²) in [6.07, 6.45) is 1.78. The first kappa shape index (κ1) is 27.0. The second-order valence-corrected chi connectivity index (χ2v) is 10.5. The molecule has 2 amide bonds.